The Kier molecular flexibility index (Phi) is 8.95. The molecule has 0 aliphatic rings. The fourth-order valence-electron chi connectivity index (χ4n) is 1.60. The van der Waals surface area contributed by atoms with E-state index < -0.39 is 0 Å². The van der Waals surface area contributed by atoms with Gasteiger partial charge in [-0.15, -0.1) is 0 Å². The fraction of sp³-hybridized carbons (Fsp3) is 0.917. The van der Waals surface area contributed by atoms with Gasteiger partial charge in [0.25, 0.3) is 0 Å². The topological polar surface area (TPSA) is 24.4 Å². The van der Waals surface area contributed by atoms with Crippen LogP contribution in [0.2, 0.25) is 0 Å². The predicted octanol–water partition coefficient (Wildman–Crippen LogP) is 2.88. The van der Waals surface area contributed by atoms with E-state index >= 15 is 0 Å². The van der Waals surface area contributed by atoms with E-state index in [1.165, 1.54) is 19.3 Å². The highest BCUT2D eigenvalue weighted by molar-refractivity contribution is 5.57. The third kappa shape index (κ3) is 6.14. The number of unbranched alkanes of at least 4 members (excludes halogenated alkanes) is 1. The van der Waals surface area contributed by atoms with E-state index in [0.29, 0.717) is 12.0 Å². The molecule has 0 fully saturated rings. The average Bonchev–Trinajstić information content (AvgIpc) is 2.17. The van der Waals surface area contributed by atoms with E-state index in [2.05, 4.69) is 37.3 Å². The maximum atomic E-state index is 4.63. The molecule has 14 heavy (non-hydrogen) atoms. The van der Waals surface area contributed by atoms with Gasteiger partial charge in [0.2, 0.25) is 0 Å². The van der Waals surface area contributed by atoms with Crippen molar-refractivity contribution >= 4 is 6.21 Å². The molecule has 0 saturated carbocycles. The van der Waals surface area contributed by atoms with Gasteiger partial charge >= 0.3 is 0 Å². The van der Waals surface area contributed by atoms with Gasteiger partial charge in [-0.3, -0.25) is 4.99 Å². The molecule has 0 rings (SSSR count). The third-order valence-corrected chi connectivity index (χ3v) is 2.53. The minimum absolute atomic E-state index is 0.464. The van der Waals surface area contributed by atoms with Gasteiger partial charge in [-0.05, 0) is 32.0 Å². The van der Waals surface area contributed by atoms with Crippen molar-refractivity contribution in [3.8, 4) is 0 Å². The highest BCUT2D eigenvalue weighted by Crippen LogP contribution is 2.13. The maximum absolute atomic E-state index is 4.63. The molecule has 0 aromatic rings. The highest BCUT2D eigenvalue weighted by Gasteiger charge is 2.13. The number of nitrogens with one attached hydrogen (secondary N) is 1. The molecule has 0 aliphatic heterocycles. The number of rotatable bonds is 8. The van der Waals surface area contributed by atoms with Crippen molar-refractivity contribution in [2.45, 2.75) is 52.5 Å². The van der Waals surface area contributed by atoms with Gasteiger partial charge in [0.1, 0.15) is 0 Å². The van der Waals surface area contributed by atoms with Crippen LogP contribution >= 0.6 is 0 Å². The molecule has 0 saturated heterocycles. The molecule has 0 bridgehead atoms. The number of hydrogen-bond acceptors (Lipinski definition) is 2. The first-order valence-corrected chi connectivity index (χ1v) is 5.92. The van der Waals surface area contributed by atoms with Crippen LogP contribution in [0.5, 0.6) is 0 Å². The Bertz CT molecular complexity index is 143. The highest BCUT2D eigenvalue weighted by atomic mass is 14.9. The number of nitrogens with zero attached hydrogens (tertiary/aromatic N) is 1. The lowest BCUT2D eigenvalue weighted by Crippen LogP contribution is -2.28. The van der Waals surface area contributed by atoms with Crippen LogP contribution in [0.1, 0.15) is 46.5 Å². The lowest BCUT2D eigenvalue weighted by Gasteiger charge is -2.19. The number of likely N-dealkylation sites (N-methyl/N-ethyl adjacent to an activating group) is 1. The first-order chi connectivity index (χ1) is 6.76. The summed E-state index contributed by atoms with van der Waals surface area (Å²) in [4.78, 5) is 4.63. The Morgan fingerprint density at radius 2 is 2.00 bits per heavy atom. The molecule has 0 aromatic heterocycles. The minimum atomic E-state index is 0.464. The first kappa shape index (κ1) is 13.6. The molecular formula is C12H26N2. The van der Waals surface area contributed by atoms with E-state index in [9.17, 15) is 0 Å². The molecule has 0 radical (unpaired) electrons. The van der Waals surface area contributed by atoms with Gasteiger partial charge in [-0.2, -0.15) is 0 Å². The van der Waals surface area contributed by atoms with Crippen LogP contribution in [-0.2, 0) is 0 Å². The van der Waals surface area contributed by atoms with Crippen molar-refractivity contribution in [3.63, 3.8) is 0 Å². The number of aliphatic imine (C=N–C) groups is 1. The molecule has 0 aromatic carbocycles. The number of hydrogen-bond donors (Lipinski definition) is 1. The minimum Gasteiger partial charge on any atom is -0.318 e. The van der Waals surface area contributed by atoms with Crippen LogP contribution < -0.4 is 5.32 Å². The monoisotopic (exact) mass is 198 g/mol. The summed E-state index contributed by atoms with van der Waals surface area (Å²) >= 11 is 0. The smallest absolute Gasteiger partial charge is 0.0645 e. The normalized spacial score (nSPS) is 16.0. The lowest BCUT2D eigenvalue weighted by atomic mass is 9.97. The second kappa shape index (κ2) is 9.20. The summed E-state index contributed by atoms with van der Waals surface area (Å²) in [6, 6.07) is 0.464. The van der Waals surface area contributed by atoms with E-state index in [0.717, 1.165) is 13.0 Å². The molecule has 1 N–H and O–H groups in total. The molecule has 2 atom stereocenters. The predicted molar refractivity (Wildman–Crippen MR) is 65.2 cm³/mol. The largest absolute Gasteiger partial charge is 0.318 e. The average molecular weight is 198 g/mol. The summed E-state index contributed by atoms with van der Waals surface area (Å²) in [5.74, 6) is 0.695. The van der Waals surface area contributed by atoms with E-state index in [1.54, 1.807) is 0 Å². The van der Waals surface area contributed by atoms with Crippen molar-refractivity contribution in [2.24, 2.45) is 10.9 Å². The summed E-state index contributed by atoms with van der Waals surface area (Å²) in [5.41, 5.74) is 0. The van der Waals surface area contributed by atoms with Gasteiger partial charge in [0, 0.05) is 6.54 Å². The molecule has 2 heteroatoms. The summed E-state index contributed by atoms with van der Waals surface area (Å²) in [6.45, 7) is 7.73. The zero-order chi connectivity index (χ0) is 10.8. The van der Waals surface area contributed by atoms with Crippen LogP contribution in [0.25, 0.3) is 0 Å². The Morgan fingerprint density at radius 3 is 2.50 bits per heavy atom. The zero-order valence-corrected chi connectivity index (χ0v) is 10.2. The summed E-state index contributed by atoms with van der Waals surface area (Å²) in [7, 11) is 2.00. The van der Waals surface area contributed by atoms with E-state index in [4.69, 9.17) is 0 Å². The molecule has 84 valence electrons. The molecule has 0 amide bonds. The first-order valence-electron chi connectivity index (χ1n) is 5.92. The van der Waals surface area contributed by atoms with Crippen molar-refractivity contribution < 1.29 is 0 Å². The third-order valence-electron chi connectivity index (χ3n) is 2.53. The molecule has 2 unspecified atom stereocenters. The van der Waals surface area contributed by atoms with Crippen LogP contribution in [0.15, 0.2) is 4.99 Å². The van der Waals surface area contributed by atoms with Crippen molar-refractivity contribution in [1.82, 2.24) is 5.32 Å². The van der Waals surface area contributed by atoms with Gasteiger partial charge < -0.3 is 5.32 Å². The molecule has 0 aliphatic carbocycles. The molecule has 2 nitrogen and oxygen atoms in total. The standard InChI is InChI=1S/C12H26N2/c1-5-7-9-14-12(10-13-4)11(3)8-6-2/h9,11-13H,5-8,10H2,1-4H3. The van der Waals surface area contributed by atoms with Crippen LogP contribution in [-0.4, -0.2) is 25.8 Å². The Hall–Kier alpha value is -0.370. The Labute approximate surface area is 89.2 Å². The fourth-order valence-corrected chi connectivity index (χ4v) is 1.60. The van der Waals surface area contributed by atoms with Crippen LogP contribution in [0.4, 0.5) is 0 Å². The van der Waals surface area contributed by atoms with E-state index in [1.807, 2.05) is 7.05 Å². The zero-order valence-electron chi connectivity index (χ0n) is 10.2. The molecule has 0 heterocycles. The van der Waals surface area contributed by atoms with E-state index in [-0.39, 0.29) is 0 Å². The summed E-state index contributed by atoms with van der Waals surface area (Å²) in [6.07, 6.45) is 6.92. The second-order valence-corrected chi connectivity index (χ2v) is 4.01. The van der Waals surface area contributed by atoms with Gasteiger partial charge in [0.15, 0.2) is 0 Å². The second-order valence-electron chi connectivity index (χ2n) is 4.01. The lowest BCUT2D eigenvalue weighted by molar-refractivity contribution is 0.414. The SMILES string of the molecule is CCCC=NC(CNC)C(C)CCC. The molecule has 0 spiro atoms. The maximum Gasteiger partial charge on any atom is 0.0645 e. The van der Waals surface area contributed by atoms with Gasteiger partial charge in [0.05, 0.1) is 6.04 Å². The Balaban J connectivity index is 3.98. The summed E-state index contributed by atoms with van der Waals surface area (Å²) < 4.78 is 0. The van der Waals surface area contributed by atoms with Crippen LogP contribution in [0, 0.1) is 5.92 Å². The van der Waals surface area contributed by atoms with Crippen molar-refractivity contribution in [2.75, 3.05) is 13.6 Å². The molecular weight excluding hydrogens is 172 g/mol. The summed E-state index contributed by atoms with van der Waals surface area (Å²) in [5, 5.41) is 3.22. The van der Waals surface area contributed by atoms with Crippen molar-refractivity contribution in [1.29, 1.82) is 0 Å². The van der Waals surface area contributed by atoms with Crippen LogP contribution in [0.3, 0.4) is 0 Å². The van der Waals surface area contributed by atoms with Crippen molar-refractivity contribution in [3.05, 3.63) is 0 Å². The van der Waals surface area contributed by atoms with Gasteiger partial charge in [-0.1, -0.05) is 33.6 Å². The van der Waals surface area contributed by atoms with Gasteiger partial charge in [-0.25, -0.2) is 0 Å². The Morgan fingerprint density at radius 1 is 1.29 bits per heavy atom. The quantitative estimate of drug-likeness (QED) is 0.596.